The largest absolute Gasteiger partial charge is 0.396 e. The molecule has 0 aliphatic rings. The van der Waals surface area contributed by atoms with Crippen LogP contribution in [-0.4, -0.2) is 30.9 Å². The van der Waals surface area contributed by atoms with Gasteiger partial charge in [-0.15, -0.1) is 0 Å². The lowest BCUT2D eigenvalue weighted by Gasteiger charge is -2.14. The molecule has 1 unspecified atom stereocenters. The van der Waals surface area contributed by atoms with E-state index in [0.717, 1.165) is 17.9 Å². The summed E-state index contributed by atoms with van der Waals surface area (Å²) in [5.74, 6) is 1.96. The number of nitrogens with two attached hydrogens (primary N) is 1. The SMILES string of the molecule is CCSCCC(C)NS(=O)(=O)c1ncccc1N. The van der Waals surface area contributed by atoms with Crippen molar-refractivity contribution >= 4 is 27.5 Å². The van der Waals surface area contributed by atoms with Crippen molar-refractivity contribution < 1.29 is 8.42 Å². The van der Waals surface area contributed by atoms with Crippen LogP contribution >= 0.6 is 11.8 Å². The first-order valence-electron chi connectivity index (χ1n) is 5.78. The molecule has 0 saturated heterocycles. The van der Waals surface area contributed by atoms with Crippen LogP contribution in [0.15, 0.2) is 23.4 Å². The highest BCUT2D eigenvalue weighted by atomic mass is 32.2. The van der Waals surface area contributed by atoms with Crippen molar-refractivity contribution in [1.29, 1.82) is 0 Å². The zero-order valence-electron chi connectivity index (χ0n) is 10.6. The molecule has 1 rings (SSSR count). The first-order valence-corrected chi connectivity index (χ1v) is 8.41. The Balaban J connectivity index is 2.68. The number of nitrogens with one attached hydrogen (secondary N) is 1. The zero-order valence-corrected chi connectivity index (χ0v) is 12.2. The molecule has 1 atom stereocenters. The molecule has 1 aromatic heterocycles. The highest BCUT2D eigenvalue weighted by molar-refractivity contribution is 7.99. The molecule has 0 saturated carbocycles. The molecule has 3 N–H and O–H groups in total. The van der Waals surface area contributed by atoms with Crippen LogP contribution in [0.5, 0.6) is 0 Å². The smallest absolute Gasteiger partial charge is 0.260 e. The number of anilines is 1. The van der Waals surface area contributed by atoms with Crippen LogP contribution in [0.25, 0.3) is 0 Å². The Morgan fingerprint density at radius 2 is 2.28 bits per heavy atom. The Hall–Kier alpha value is -0.790. The number of hydrogen-bond donors (Lipinski definition) is 2. The van der Waals surface area contributed by atoms with Gasteiger partial charge in [0.05, 0.1) is 5.69 Å². The Morgan fingerprint density at radius 1 is 1.56 bits per heavy atom. The Kier molecular flexibility index (Phi) is 5.90. The van der Waals surface area contributed by atoms with Crippen LogP contribution in [0.2, 0.25) is 0 Å². The molecule has 0 amide bonds. The first kappa shape index (κ1) is 15.3. The second kappa shape index (κ2) is 6.96. The molecule has 5 nitrogen and oxygen atoms in total. The van der Waals surface area contributed by atoms with Crippen LogP contribution in [0, 0.1) is 0 Å². The molecule has 1 aromatic rings. The maximum atomic E-state index is 12.0. The van der Waals surface area contributed by atoms with Crippen molar-refractivity contribution in [3.05, 3.63) is 18.3 Å². The maximum absolute atomic E-state index is 12.0. The lowest BCUT2D eigenvalue weighted by molar-refractivity contribution is 0.554. The summed E-state index contributed by atoms with van der Waals surface area (Å²) in [6.45, 7) is 3.92. The molecule has 1 heterocycles. The summed E-state index contributed by atoms with van der Waals surface area (Å²) in [7, 11) is -3.62. The minimum absolute atomic E-state index is 0.0972. The van der Waals surface area contributed by atoms with Gasteiger partial charge in [-0.2, -0.15) is 11.8 Å². The summed E-state index contributed by atoms with van der Waals surface area (Å²) >= 11 is 1.79. The van der Waals surface area contributed by atoms with E-state index in [1.54, 1.807) is 17.8 Å². The van der Waals surface area contributed by atoms with Gasteiger partial charge in [-0.3, -0.25) is 0 Å². The lowest BCUT2D eigenvalue weighted by atomic mass is 10.3. The third kappa shape index (κ3) is 4.47. The van der Waals surface area contributed by atoms with E-state index in [9.17, 15) is 8.42 Å². The molecule has 0 bridgehead atoms. The van der Waals surface area contributed by atoms with Crippen molar-refractivity contribution in [3.8, 4) is 0 Å². The zero-order chi connectivity index (χ0) is 13.6. The Labute approximate surface area is 113 Å². The molecule has 0 aromatic carbocycles. The number of thioether (sulfide) groups is 1. The number of aromatic nitrogens is 1. The normalized spacial score (nSPS) is 13.4. The van der Waals surface area contributed by atoms with E-state index in [-0.39, 0.29) is 16.8 Å². The van der Waals surface area contributed by atoms with Crippen molar-refractivity contribution in [3.63, 3.8) is 0 Å². The maximum Gasteiger partial charge on any atom is 0.260 e. The van der Waals surface area contributed by atoms with Gasteiger partial charge in [-0.25, -0.2) is 18.1 Å². The molecule has 7 heteroatoms. The topological polar surface area (TPSA) is 85.1 Å². The summed E-state index contributed by atoms with van der Waals surface area (Å²) in [4.78, 5) is 3.82. The predicted octanol–water partition coefficient (Wildman–Crippen LogP) is 1.47. The van der Waals surface area contributed by atoms with Gasteiger partial charge in [0.1, 0.15) is 0 Å². The summed E-state index contributed by atoms with van der Waals surface area (Å²) < 4.78 is 26.7. The van der Waals surface area contributed by atoms with Gasteiger partial charge in [-0.05, 0) is 37.0 Å². The van der Waals surface area contributed by atoms with Crippen LogP contribution in [-0.2, 0) is 10.0 Å². The van der Waals surface area contributed by atoms with Crippen LogP contribution < -0.4 is 10.5 Å². The monoisotopic (exact) mass is 289 g/mol. The average molecular weight is 289 g/mol. The lowest BCUT2D eigenvalue weighted by Crippen LogP contribution is -2.34. The third-order valence-corrected chi connectivity index (χ3v) is 4.81. The van der Waals surface area contributed by atoms with Crippen LogP contribution in [0.3, 0.4) is 0 Å². The van der Waals surface area contributed by atoms with Gasteiger partial charge < -0.3 is 5.73 Å². The fourth-order valence-electron chi connectivity index (χ4n) is 1.41. The Bertz CT molecular complexity index is 477. The van der Waals surface area contributed by atoms with E-state index in [1.165, 1.54) is 12.3 Å². The predicted molar refractivity (Wildman–Crippen MR) is 76.0 cm³/mol. The fourth-order valence-corrected chi connectivity index (χ4v) is 3.56. The van der Waals surface area contributed by atoms with Crippen molar-refractivity contribution in [2.75, 3.05) is 17.2 Å². The number of nitrogens with zero attached hydrogens (tertiary/aromatic N) is 1. The fraction of sp³-hybridized carbons (Fsp3) is 0.545. The van der Waals surface area contributed by atoms with Crippen molar-refractivity contribution in [2.24, 2.45) is 0 Å². The number of nitrogen functional groups attached to an aromatic ring is 1. The van der Waals surface area contributed by atoms with Gasteiger partial charge in [0.2, 0.25) is 0 Å². The van der Waals surface area contributed by atoms with Gasteiger partial charge in [0.25, 0.3) is 10.0 Å². The van der Waals surface area contributed by atoms with E-state index >= 15 is 0 Å². The van der Waals surface area contributed by atoms with E-state index in [1.807, 2.05) is 6.92 Å². The van der Waals surface area contributed by atoms with Gasteiger partial charge in [-0.1, -0.05) is 6.92 Å². The Morgan fingerprint density at radius 3 is 2.89 bits per heavy atom. The molecular weight excluding hydrogens is 270 g/mol. The van der Waals surface area contributed by atoms with Crippen LogP contribution in [0.1, 0.15) is 20.3 Å². The second-order valence-corrected chi connectivity index (χ2v) is 6.93. The summed E-state index contributed by atoms with van der Waals surface area (Å²) in [5.41, 5.74) is 5.79. The second-order valence-electron chi connectivity index (χ2n) is 3.91. The minimum Gasteiger partial charge on any atom is -0.396 e. The number of hydrogen-bond acceptors (Lipinski definition) is 5. The standard InChI is InChI=1S/C11H19N3O2S2/c1-3-17-8-6-9(2)14-18(15,16)11-10(12)5-4-7-13-11/h4-5,7,9,14H,3,6,8,12H2,1-2H3. The quantitative estimate of drug-likeness (QED) is 0.743. The van der Waals surface area contributed by atoms with Crippen molar-refractivity contribution in [1.82, 2.24) is 9.71 Å². The highest BCUT2D eigenvalue weighted by Crippen LogP contribution is 2.15. The first-order chi connectivity index (χ1) is 8.47. The molecule has 18 heavy (non-hydrogen) atoms. The molecule has 0 spiro atoms. The average Bonchev–Trinajstić information content (AvgIpc) is 2.29. The molecule has 102 valence electrons. The molecule has 0 aliphatic heterocycles. The molecule has 0 aliphatic carbocycles. The van der Waals surface area contributed by atoms with E-state index in [0.29, 0.717) is 0 Å². The van der Waals surface area contributed by atoms with Gasteiger partial charge in [0.15, 0.2) is 5.03 Å². The minimum atomic E-state index is -3.62. The number of sulfonamides is 1. The summed E-state index contributed by atoms with van der Waals surface area (Å²) in [6.07, 6.45) is 2.20. The highest BCUT2D eigenvalue weighted by Gasteiger charge is 2.20. The summed E-state index contributed by atoms with van der Waals surface area (Å²) in [5, 5.41) is -0.0972. The molecule has 0 fully saturated rings. The van der Waals surface area contributed by atoms with E-state index in [4.69, 9.17) is 5.73 Å². The van der Waals surface area contributed by atoms with Gasteiger partial charge >= 0.3 is 0 Å². The molecular formula is C11H19N3O2S2. The summed E-state index contributed by atoms with van der Waals surface area (Å²) in [6, 6.07) is 3.00. The van der Waals surface area contributed by atoms with Gasteiger partial charge in [0, 0.05) is 12.2 Å². The number of rotatable bonds is 7. The molecule has 0 radical (unpaired) electrons. The third-order valence-electron chi connectivity index (χ3n) is 2.31. The van der Waals surface area contributed by atoms with Crippen molar-refractivity contribution in [2.45, 2.75) is 31.3 Å². The van der Waals surface area contributed by atoms with Crippen LogP contribution in [0.4, 0.5) is 5.69 Å². The van der Waals surface area contributed by atoms with E-state index < -0.39 is 10.0 Å². The van der Waals surface area contributed by atoms with E-state index in [2.05, 4.69) is 16.6 Å². The number of pyridine rings is 1.